The van der Waals surface area contributed by atoms with Gasteiger partial charge in [-0.25, -0.2) is 8.60 Å². The second kappa shape index (κ2) is 4.73. The molecule has 0 spiro atoms. The molecule has 1 N–H and O–H groups in total. The summed E-state index contributed by atoms with van der Waals surface area (Å²) in [6.45, 7) is -1.21. The first-order valence-electron chi connectivity index (χ1n) is 3.31. The van der Waals surface area contributed by atoms with Gasteiger partial charge in [-0.3, -0.25) is 4.79 Å². The molecule has 0 aromatic heterocycles. The molecule has 1 rings (SSSR count). The van der Waals surface area contributed by atoms with Crippen molar-refractivity contribution in [1.82, 2.24) is 0 Å². The van der Waals surface area contributed by atoms with Crippen LogP contribution in [0.2, 0.25) is 0 Å². The number of rotatable bonds is 3. The molecule has 0 aromatic carbocycles. The number of thioether (sulfide) groups is 1. The highest BCUT2D eigenvalue weighted by Gasteiger charge is 2.35. The van der Waals surface area contributed by atoms with Gasteiger partial charge in [-0.05, 0) is 5.41 Å². The molecule has 7 heteroatoms. The lowest BCUT2D eigenvalue weighted by Crippen LogP contribution is -2.31. The lowest BCUT2D eigenvalue weighted by Gasteiger charge is -2.12. The van der Waals surface area contributed by atoms with Gasteiger partial charge in [-0.15, -0.1) is 11.8 Å². The Labute approximate surface area is 80.8 Å². The molecule has 0 aliphatic carbocycles. The van der Waals surface area contributed by atoms with E-state index in [2.05, 4.69) is 4.74 Å². The van der Waals surface area contributed by atoms with Gasteiger partial charge in [-0.2, -0.15) is 0 Å². The molecular formula is C6H7FO4S2. The Morgan fingerprint density at radius 3 is 3.00 bits per heavy atom. The first-order chi connectivity index (χ1) is 6.16. The summed E-state index contributed by atoms with van der Waals surface area (Å²) in [7, 11) is 0. The zero-order chi connectivity index (χ0) is 9.84. The van der Waals surface area contributed by atoms with Crippen molar-refractivity contribution in [2.24, 2.45) is 0 Å². The standard InChI is InChI=1S/C6H7FO4S2/c7-3-11-6(8)5-4(13(9)10)1-2-12-5/h1-2,4-5H,3H2,(H,9,10). The van der Waals surface area contributed by atoms with Crippen molar-refractivity contribution < 1.29 is 22.7 Å². The molecule has 0 fully saturated rings. The van der Waals surface area contributed by atoms with Gasteiger partial charge in [0.25, 0.3) is 0 Å². The Kier molecular flexibility index (Phi) is 3.89. The Balaban J connectivity index is 2.61. The van der Waals surface area contributed by atoms with Crippen LogP contribution in [0.4, 0.5) is 4.39 Å². The van der Waals surface area contributed by atoms with E-state index in [0.717, 1.165) is 11.8 Å². The second-order valence-corrected chi connectivity index (χ2v) is 4.35. The van der Waals surface area contributed by atoms with Gasteiger partial charge in [0.2, 0.25) is 6.86 Å². The van der Waals surface area contributed by atoms with E-state index in [4.69, 9.17) is 4.55 Å². The topological polar surface area (TPSA) is 63.6 Å². The van der Waals surface area contributed by atoms with Crippen LogP contribution < -0.4 is 0 Å². The molecular weight excluding hydrogens is 219 g/mol. The lowest BCUT2D eigenvalue weighted by molar-refractivity contribution is -0.146. The molecule has 3 unspecified atom stereocenters. The summed E-state index contributed by atoms with van der Waals surface area (Å²) in [5, 5.41) is -0.0752. The molecule has 0 radical (unpaired) electrons. The molecule has 1 heterocycles. The van der Waals surface area contributed by atoms with Gasteiger partial charge in [-0.1, -0.05) is 6.08 Å². The van der Waals surface area contributed by atoms with E-state index in [0.29, 0.717) is 0 Å². The monoisotopic (exact) mass is 226 g/mol. The second-order valence-electron chi connectivity index (χ2n) is 2.20. The van der Waals surface area contributed by atoms with Crippen LogP contribution in [0.15, 0.2) is 11.5 Å². The summed E-state index contributed by atoms with van der Waals surface area (Å²) in [4.78, 5) is 11.0. The van der Waals surface area contributed by atoms with Crippen molar-refractivity contribution in [1.29, 1.82) is 0 Å². The van der Waals surface area contributed by atoms with Gasteiger partial charge in [0, 0.05) is 0 Å². The first kappa shape index (κ1) is 10.7. The Morgan fingerprint density at radius 2 is 2.46 bits per heavy atom. The van der Waals surface area contributed by atoms with E-state index in [1.165, 1.54) is 11.5 Å². The summed E-state index contributed by atoms with van der Waals surface area (Å²) in [5.74, 6) is -0.801. The number of halogens is 1. The molecule has 4 nitrogen and oxygen atoms in total. The van der Waals surface area contributed by atoms with Crippen LogP contribution in [0.25, 0.3) is 0 Å². The minimum atomic E-state index is -2.13. The molecule has 1 aliphatic heterocycles. The van der Waals surface area contributed by atoms with Crippen LogP contribution in [0.5, 0.6) is 0 Å². The van der Waals surface area contributed by atoms with Gasteiger partial charge in [0.15, 0.2) is 11.1 Å². The summed E-state index contributed by atoms with van der Waals surface area (Å²) < 4.78 is 35.1. The van der Waals surface area contributed by atoms with E-state index in [9.17, 15) is 13.4 Å². The van der Waals surface area contributed by atoms with Crippen molar-refractivity contribution in [2.75, 3.05) is 6.86 Å². The van der Waals surface area contributed by atoms with E-state index >= 15 is 0 Å². The average molecular weight is 226 g/mol. The van der Waals surface area contributed by atoms with Gasteiger partial charge in [0.1, 0.15) is 10.5 Å². The highest BCUT2D eigenvalue weighted by Crippen LogP contribution is 2.28. The highest BCUT2D eigenvalue weighted by atomic mass is 32.2. The molecule has 1 aliphatic rings. The van der Waals surface area contributed by atoms with Gasteiger partial charge in [0.05, 0.1) is 0 Å². The van der Waals surface area contributed by atoms with Crippen LogP contribution in [-0.2, 0) is 20.6 Å². The van der Waals surface area contributed by atoms with Crippen LogP contribution in [0.3, 0.4) is 0 Å². The van der Waals surface area contributed by atoms with E-state index in [-0.39, 0.29) is 0 Å². The Hall–Kier alpha value is -0.400. The maximum atomic E-state index is 11.6. The quantitative estimate of drug-likeness (QED) is 0.566. The predicted molar refractivity (Wildman–Crippen MR) is 47.1 cm³/mol. The van der Waals surface area contributed by atoms with E-state index < -0.39 is 34.4 Å². The molecule has 0 aromatic rings. The number of carbonyl (C=O) groups is 1. The maximum Gasteiger partial charge on any atom is 0.323 e. The molecule has 0 saturated carbocycles. The minimum Gasteiger partial charge on any atom is -0.433 e. The fourth-order valence-corrected chi connectivity index (χ4v) is 2.85. The molecule has 0 amide bonds. The summed E-state index contributed by atoms with van der Waals surface area (Å²) in [6, 6.07) is 0. The van der Waals surface area contributed by atoms with Crippen LogP contribution >= 0.6 is 11.8 Å². The Morgan fingerprint density at radius 1 is 1.77 bits per heavy atom. The minimum absolute atomic E-state index is 0.801. The third-order valence-electron chi connectivity index (χ3n) is 1.45. The number of alkyl halides is 1. The van der Waals surface area contributed by atoms with Crippen molar-refractivity contribution in [3.05, 3.63) is 11.5 Å². The molecule has 13 heavy (non-hydrogen) atoms. The van der Waals surface area contributed by atoms with Gasteiger partial charge < -0.3 is 9.29 Å². The van der Waals surface area contributed by atoms with Crippen molar-refractivity contribution in [3.8, 4) is 0 Å². The number of ether oxygens (including phenoxy) is 1. The normalized spacial score (nSPS) is 28.8. The van der Waals surface area contributed by atoms with Crippen molar-refractivity contribution in [2.45, 2.75) is 10.5 Å². The van der Waals surface area contributed by atoms with Crippen molar-refractivity contribution >= 4 is 28.8 Å². The summed E-state index contributed by atoms with van der Waals surface area (Å²) >= 11 is -1.07. The van der Waals surface area contributed by atoms with Crippen LogP contribution in [0, 0.1) is 0 Å². The average Bonchev–Trinajstić information content (AvgIpc) is 2.52. The van der Waals surface area contributed by atoms with Crippen LogP contribution in [0.1, 0.15) is 0 Å². The van der Waals surface area contributed by atoms with Gasteiger partial charge >= 0.3 is 5.97 Å². The maximum absolute atomic E-state index is 11.6. The van der Waals surface area contributed by atoms with E-state index in [1.54, 1.807) is 0 Å². The molecule has 3 atom stereocenters. The number of esters is 1. The lowest BCUT2D eigenvalue weighted by atomic mass is 10.3. The summed E-state index contributed by atoms with van der Waals surface area (Å²) in [6.07, 6.45) is 1.44. The zero-order valence-electron chi connectivity index (χ0n) is 6.38. The highest BCUT2D eigenvalue weighted by molar-refractivity contribution is 8.04. The summed E-state index contributed by atoms with van der Waals surface area (Å²) in [5.41, 5.74) is 0. The third-order valence-corrected chi connectivity index (χ3v) is 3.61. The largest absolute Gasteiger partial charge is 0.433 e. The first-order valence-corrected chi connectivity index (χ1v) is 5.42. The SMILES string of the molecule is O=C(OCF)C1SC=CC1S(=O)O. The molecule has 74 valence electrons. The number of hydrogen-bond acceptors (Lipinski definition) is 4. The zero-order valence-corrected chi connectivity index (χ0v) is 8.02. The fourth-order valence-electron chi connectivity index (χ4n) is 0.884. The number of hydrogen-bond donors (Lipinski definition) is 1. The van der Waals surface area contributed by atoms with Crippen LogP contribution in [-0.4, -0.2) is 32.1 Å². The molecule has 0 saturated heterocycles. The van der Waals surface area contributed by atoms with E-state index in [1.807, 2.05) is 0 Å². The Bertz CT molecular complexity index is 255. The van der Waals surface area contributed by atoms with Crippen molar-refractivity contribution in [3.63, 3.8) is 0 Å². The smallest absolute Gasteiger partial charge is 0.323 e. The number of carbonyl (C=O) groups excluding carboxylic acids is 1. The predicted octanol–water partition coefficient (Wildman–Crippen LogP) is 0.676. The molecule has 0 bridgehead atoms. The third kappa shape index (κ3) is 2.52. The fraction of sp³-hybridized carbons (Fsp3) is 0.500.